The Balaban J connectivity index is 3.48. The molecule has 0 unspecified atom stereocenters. The number of ether oxygens (including phenoxy) is 1. The second kappa shape index (κ2) is 5.70. The Kier molecular flexibility index (Phi) is 4.92. The molecule has 0 aliphatic carbocycles. The predicted octanol–water partition coefficient (Wildman–Crippen LogP) is 5.62. The molecule has 0 radical (unpaired) electrons. The third kappa shape index (κ3) is 3.46. The molecule has 0 saturated heterocycles. The van der Waals surface area contributed by atoms with Crippen LogP contribution in [-0.2, 0) is 5.41 Å². The molecule has 1 aromatic rings. The van der Waals surface area contributed by atoms with Gasteiger partial charge in [-0.2, -0.15) is 26.3 Å². The highest BCUT2D eigenvalue weighted by Crippen LogP contribution is 2.52. The van der Waals surface area contributed by atoms with Gasteiger partial charge in [0.25, 0.3) is 0 Å². The standard InChI is InChI=1S/C13H13BrF6O/c1-7(2)21-10-6-8(4-5-9(10)14)11(3,12(15,16)17)13(18,19)20/h4-7H,1-3H3. The molecule has 0 aliphatic rings. The number of rotatable bonds is 3. The lowest BCUT2D eigenvalue weighted by molar-refractivity contribution is -0.297. The van der Waals surface area contributed by atoms with E-state index in [1.807, 2.05) is 0 Å². The van der Waals surface area contributed by atoms with Crippen LogP contribution in [0.2, 0.25) is 0 Å². The van der Waals surface area contributed by atoms with E-state index in [0.717, 1.165) is 18.2 Å². The van der Waals surface area contributed by atoms with Crippen molar-refractivity contribution in [3.8, 4) is 5.75 Å². The van der Waals surface area contributed by atoms with Gasteiger partial charge in [0.2, 0.25) is 0 Å². The molecule has 1 rings (SSSR count). The second-order valence-corrected chi connectivity index (χ2v) is 5.79. The van der Waals surface area contributed by atoms with Gasteiger partial charge in [0.05, 0.1) is 10.6 Å². The molecule has 1 aromatic carbocycles. The number of alkyl halides is 6. The van der Waals surface area contributed by atoms with Crippen LogP contribution in [-0.4, -0.2) is 18.5 Å². The normalized spacial score (nSPS) is 13.7. The first-order valence-corrected chi connectivity index (χ1v) is 6.70. The summed E-state index contributed by atoms with van der Waals surface area (Å²) in [5, 5.41) is 0. The van der Waals surface area contributed by atoms with E-state index in [-0.39, 0.29) is 23.2 Å². The summed E-state index contributed by atoms with van der Waals surface area (Å²) in [6.07, 6.45) is -11.3. The van der Waals surface area contributed by atoms with Gasteiger partial charge in [-0.1, -0.05) is 6.07 Å². The maximum Gasteiger partial charge on any atom is 0.406 e. The van der Waals surface area contributed by atoms with Gasteiger partial charge in [0, 0.05) is 0 Å². The third-order valence-electron chi connectivity index (χ3n) is 3.01. The smallest absolute Gasteiger partial charge is 0.406 e. The Labute approximate surface area is 126 Å². The van der Waals surface area contributed by atoms with E-state index in [0.29, 0.717) is 0 Å². The van der Waals surface area contributed by atoms with E-state index < -0.39 is 23.3 Å². The highest BCUT2D eigenvalue weighted by molar-refractivity contribution is 9.10. The summed E-state index contributed by atoms with van der Waals surface area (Å²) < 4.78 is 83.6. The highest BCUT2D eigenvalue weighted by atomic mass is 79.9. The van der Waals surface area contributed by atoms with Crippen LogP contribution in [0.5, 0.6) is 5.75 Å². The first kappa shape index (κ1) is 18.1. The van der Waals surface area contributed by atoms with E-state index in [1.54, 1.807) is 13.8 Å². The minimum absolute atomic E-state index is 0.0674. The van der Waals surface area contributed by atoms with E-state index in [1.165, 1.54) is 0 Å². The molecule has 0 saturated carbocycles. The summed E-state index contributed by atoms with van der Waals surface area (Å²) in [5.74, 6) is -0.0674. The molecule has 0 fully saturated rings. The van der Waals surface area contributed by atoms with E-state index in [4.69, 9.17) is 4.74 Å². The van der Waals surface area contributed by atoms with Crippen molar-refractivity contribution in [1.29, 1.82) is 0 Å². The molecule has 120 valence electrons. The van der Waals surface area contributed by atoms with Crippen molar-refractivity contribution >= 4 is 15.9 Å². The van der Waals surface area contributed by atoms with E-state index in [2.05, 4.69) is 15.9 Å². The maximum atomic E-state index is 13.0. The number of benzene rings is 1. The topological polar surface area (TPSA) is 9.23 Å². The number of hydrogen-bond acceptors (Lipinski definition) is 1. The first-order chi connectivity index (χ1) is 9.30. The van der Waals surface area contributed by atoms with Crippen molar-refractivity contribution < 1.29 is 31.1 Å². The van der Waals surface area contributed by atoms with Crippen molar-refractivity contribution in [2.75, 3.05) is 0 Å². The molecule has 21 heavy (non-hydrogen) atoms. The van der Waals surface area contributed by atoms with Crippen molar-refractivity contribution in [1.82, 2.24) is 0 Å². The predicted molar refractivity (Wildman–Crippen MR) is 69.4 cm³/mol. The molecule has 0 spiro atoms. The van der Waals surface area contributed by atoms with E-state index >= 15 is 0 Å². The maximum absolute atomic E-state index is 13.0. The van der Waals surface area contributed by atoms with Gasteiger partial charge in [-0.3, -0.25) is 0 Å². The zero-order valence-electron chi connectivity index (χ0n) is 11.4. The van der Waals surface area contributed by atoms with Gasteiger partial charge in [-0.15, -0.1) is 0 Å². The minimum atomic E-state index is -5.48. The Bertz CT molecular complexity index is 492. The van der Waals surface area contributed by atoms with Crippen LogP contribution in [0.4, 0.5) is 26.3 Å². The Morgan fingerprint density at radius 1 is 1.00 bits per heavy atom. The van der Waals surface area contributed by atoms with Crippen molar-refractivity contribution in [3.63, 3.8) is 0 Å². The summed E-state index contributed by atoms with van der Waals surface area (Å²) in [6.45, 7) is 3.35. The van der Waals surface area contributed by atoms with Gasteiger partial charge in [-0.05, 0) is 54.4 Å². The lowest BCUT2D eigenvalue weighted by atomic mass is 9.81. The molecule has 8 heteroatoms. The lowest BCUT2D eigenvalue weighted by Gasteiger charge is -2.34. The SMILES string of the molecule is CC(C)Oc1cc(C(C)(C(F)(F)F)C(F)(F)F)ccc1Br. The molecule has 0 heterocycles. The minimum Gasteiger partial charge on any atom is -0.490 e. The highest BCUT2D eigenvalue weighted by Gasteiger charge is 2.68. The van der Waals surface area contributed by atoms with Crippen LogP contribution in [0.15, 0.2) is 22.7 Å². The molecule has 1 nitrogen and oxygen atoms in total. The molecular formula is C13H13BrF6O. The quantitative estimate of drug-likeness (QED) is 0.620. The Morgan fingerprint density at radius 2 is 1.48 bits per heavy atom. The molecule has 0 N–H and O–H groups in total. The molecule has 0 amide bonds. The van der Waals surface area contributed by atoms with Crippen molar-refractivity contribution in [3.05, 3.63) is 28.2 Å². The molecular weight excluding hydrogens is 366 g/mol. The lowest BCUT2D eigenvalue weighted by Crippen LogP contribution is -2.51. The largest absolute Gasteiger partial charge is 0.490 e. The van der Waals surface area contributed by atoms with Gasteiger partial charge in [0.1, 0.15) is 5.75 Å². The third-order valence-corrected chi connectivity index (χ3v) is 3.66. The fraction of sp³-hybridized carbons (Fsp3) is 0.538. The van der Waals surface area contributed by atoms with Crippen LogP contribution in [0, 0.1) is 0 Å². The van der Waals surface area contributed by atoms with E-state index in [9.17, 15) is 26.3 Å². The average Bonchev–Trinajstić information content (AvgIpc) is 2.27. The Hall–Kier alpha value is -0.920. The molecule has 0 aliphatic heterocycles. The summed E-state index contributed by atoms with van der Waals surface area (Å²) in [7, 11) is 0. The summed E-state index contributed by atoms with van der Waals surface area (Å²) in [5.41, 5.74) is -4.88. The first-order valence-electron chi connectivity index (χ1n) is 5.91. The zero-order valence-corrected chi connectivity index (χ0v) is 12.9. The van der Waals surface area contributed by atoms with Crippen LogP contribution >= 0.6 is 15.9 Å². The van der Waals surface area contributed by atoms with Crippen LogP contribution in [0.3, 0.4) is 0 Å². The fourth-order valence-corrected chi connectivity index (χ4v) is 1.99. The molecule has 0 aromatic heterocycles. The van der Waals surface area contributed by atoms with Crippen molar-refractivity contribution in [2.45, 2.75) is 44.6 Å². The summed E-state index contributed by atoms with van der Waals surface area (Å²) in [4.78, 5) is 0. The Morgan fingerprint density at radius 3 is 1.86 bits per heavy atom. The van der Waals surface area contributed by atoms with Crippen molar-refractivity contribution in [2.24, 2.45) is 0 Å². The number of hydrogen-bond donors (Lipinski definition) is 0. The second-order valence-electron chi connectivity index (χ2n) is 4.93. The summed E-state index contributed by atoms with van der Waals surface area (Å²) >= 11 is 3.04. The number of halogens is 7. The monoisotopic (exact) mass is 378 g/mol. The molecule has 0 atom stereocenters. The fourth-order valence-electron chi connectivity index (χ4n) is 1.65. The van der Waals surface area contributed by atoms with Crippen LogP contribution < -0.4 is 4.74 Å². The van der Waals surface area contributed by atoms with Gasteiger partial charge in [0.15, 0.2) is 5.41 Å². The van der Waals surface area contributed by atoms with Gasteiger partial charge < -0.3 is 4.74 Å². The summed E-state index contributed by atoms with van der Waals surface area (Å²) in [6, 6.07) is 2.67. The average molecular weight is 379 g/mol. The zero-order chi connectivity index (χ0) is 16.6. The molecule has 0 bridgehead atoms. The van der Waals surface area contributed by atoms with Gasteiger partial charge >= 0.3 is 12.4 Å². The van der Waals surface area contributed by atoms with Crippen LogP contribution in [0.25, 0.3) is 0 Å². The van der Waals surface area contributed by atoms with Crippen LogP contribution in [0.1, 0.15) is 26.3 Å². The van der Waals surface area contributed by atoms with Gasteiger partial charge in [-0.25, -0.2) is 0 Å².